The molecule has 0 amide bonds. The lowest BCUT2D eigenvalue weighted by Crippen LogP contribution is -2.50. The smallest absolute Gasteiger partial charge is 0.211 e. The second-order valence-corrected chi connectivity index (χ2v) is 16.1. The molecule has 2 atom stereocenters. The quantitative estimate of drug-likeness (QED) is 0.185. The van der Waals surface area contributed by atoms with Gasteiger partial charge in [0.2, 0.25) is 5.95 Å². The highest BCUT2D eigenvalue weighted by Gasteiger charge is 2.50. The topological polar surface area (TPSA) is 68.5 Å². The molecule has 0 radical (unpaired) electrons. The minimum absolute atomic E-state index is 0.0472. The Morgan fingerprint density at radius 1 is 1.02 bits per heavy atom. The van der Waals surface area contributed by atoms with E-state index in [1.807, 2.05) is 51.1 Å². The summed E-state index contributed by atoms with van der Waals surface area (Å²) in [4.78, 5) is 15.7. The van der Waals surface area contributed by atoms with E-state index in [-0.39, 0.29) is 16.2 Å². The van der Waals surface area contributed by atoms with Gasteiger partial charge >= 0.3 is 0 Å². The second kappa shape index (κ2) is 11.2. The molecule has 6 nitrogen and oxygen atoms in total. The van der Waals surface area contributed by atoms with Crippen molar-refractivity contribution in [2.75, 3.05) is 23.7 Å². The average Bonchev–Trinajstić information content (AvgIpc) is 3.54. The molecule has 0 saturated carbocycles. The van der Waals surface area contributed by atoms with Crippen molar-refractivity contribution >= 4 is 46.5 Å². The van der Waals surface area contributed by atoms with Gasteiger partial charge in [-0.15, -0.1) is 16.5 Å². The largest absolute Gasteiger partial charge is 0.598 e. The molecule has 0 unspecified atom stereocenters. The number of aromatic nitrogens is 3. The Hall–Kier alpha value is -2.17. The van der Waals surface area contributed by atoms with E-state index in [2.05, 4.69) is 69.5 Å². The van der Waals surface area contributed by atoms with E-state index in [4.69, 9.17) is 9.97 Å². The molecular weight excluding hydrogens is 555 g/mol. The molecular formula is C31H37N5OS3. The van der Waals surface area contributed by atoms with Crippen molar-refractivity contribution in [3.05, 3.63) is 78.2 Å². The van der Waals surface area contributed by atoms with Gasteiger partial charge < -0.3 is 9.45 Å². The van der Waals surface area contributed by atoms with Gasteiger partial charge in [0.05, 0.1) is 10.9 Å². The van der Waals surface area contributed by atoms with E-state index < -0.39 is 11.4 Å². The fourth-order valence-electron chi connectivity index (χ4n) is 5.99. The van der Waals surface area contributed by atoms with Crippen molar-refractivity contribution in [3.63, 3.8) is 0 Å². The first-order valence-electron chi connectivity index (χ1n) is 14.0. The SMILES string of the molecule is CCSc1ccccc1Sc1cnc(N2CCC3(CC2)Cc2ccccc2[C@H]3N[S@+]([O-])C(C)(C)C)n2ccnc12. The van der Waals surface area contributed by atoms with Crippen molar-refractivity contribution in [2.24, 2.45) is 5.41 Å². The zero-order valence-electron chi connectivity index (χ0n) is 23.6. The van der Waals surface area contributed by atoms with Gasteiger partial charge in [0.15, 0.2) is 5.65 Å². The minimum atomic E-state index is -1.14. The summed E-state index contributed by atoms with van der Waals surface area (Å²) in [5.74, 6) is 1.98. The Kier molecular flexibility index (Phi) is 7.87. The number of thioether (sulfide) groups is 1. The lowest BCUT2D eigenvalue weighted by atomic mass is 9.73. The maximum absolute atomic E-state index is 13.2. The zero-order chi connectivity index (χ0) is 27.9. The molecule has 1 aliphatic heterocycles. The van der Waals surface area contributed by atoms with Gasteiger partial charge in [-0.3, -0.25) is 4.40 Å². The molecule has 1 spiro atoms. The summed E-state index contributed by atoms with van der Waals surface area (Å²) < 4.78 is 18.7. The number of benzene rings is 2. The van der Waals surface area contributed by atoms with Crippen LogP contribution >= 0.6 is 23.5 Å². The number of fused-ring (bicyclic) bond motifs is 2. The Morgan fingerprint density at radius 2 is 1.75 bits per heavy atom. The summed E-state index contributed by atoms with van der Waals surface area (Å²) in [7, 11) is 0. The van der Waals surface area contributed by atoms with Crippen LogP contribution in [0.3, 0.4) is 0 Å². The molecule has 0 bridgehead atoms. The molecule has 2 aromatic carbocycles. The van der Waals surface area contributed by atoms with Gasteiger partial charge in [-0.2, -0.15) is 0 Å². The van der Waals surface area contributed by atoms with Crippen molar-refractivity contribution in [2.45, 2.75) is 72.4 Å². The third-order valence-corrected chi connectivity index (χ3v) is 11.8. The standard InChI is InChI=1S/C31H37N5OS3/c1-5-38-24-12-8-9-13-25(24)39-26-21-33-29(36-19-16-32-28(26)36)35-17-14-31(15-18-35)20-22-10-6-7-11-23(22)27(31)34-40(37)30(2,3)4/h6-13,16,19,21,27,34H,5,14-15,17-18,20H2,1-4H3/t27-,40-/m1/s1. The summed E-state index contributed by atoms with van der Waals surface area (Å²) in [5, 5.41) is 0. The predicted molar refractivity (Wildman–Crippen MR) is 168 cm³/mol. The first-order chi connectivity index (χ1) is 19.3. The first-order valence-corrected chi connectivity index (χ1v) is 17.0. The third kappa shape index (κ3) is 5.27. The molecule has 6 rings (SSSR count). The van der Waals surface area contributed by atoms with Crippen molar-refractivity contribution in [1.29, 1.82) is 0 Å². The Labute approximate surface area is 249 Å². The highest BCUT2D eigenvalue weighted by Crippen LogP contribution is 2.53. The van der Waals surface area contributed by atoms with Crippen LogP contribution in [0.2, 0.25) is 0 Å². The summed E-state index contributed by atoms with van der Waals surface area (Å²) in [6, 6.07) is 17.4. The highest BCUT2D eigenvalue weighted by molar-refractivity contribution is 8.02. The summed E-state index contributed by atoms with van der Waals surface area (Å²) in [6.45, 7) is 10.1. The first kappa shape index (κ1) is 28.0. The molecule has 9 heteroatoms. The molecule has 1 aliphatic carbocycles. The Bertz CT molecular complexity index is 1490. The monoisotopic (exact) mass is 591 g/mol. The molecule has 4 aromatic rings. The summed E-state index contributed by atoms with van der Waals surface area (Å²) >= 11 is 2.47. The van der Waals surface area contributed by atoms with Gasteiger partial charge in [0.1, 0.15) is 4.75 Å². The van der Waals surface area contributed by atoms with Crippen molar-refractivity contribution in [3.8, 4) is 0 Å². The van der Waals surface area contributed by atoms with Crippen LogP contribution in [-0.4, -0.2) is 42.5 Å². The number of hydrogen-bond donors (Lipinski definition) is 1. The second-order valence-electron chi connectivity index (χ2n) is 11.7. The van der Waals surface area contributed by atoms with E-state index in [1.165, 1.54) is 20.9 Å². The van der Waals surface area contributed by atoms with Gasteiger partial charge in [-0.25, -0.2) is 9.97 Å². The number of hydrogen-bond acceptors (Lipinski definition) is 7. The van der Waals surface area contributed by atoms with E-state index in [9.17, 15) is 4.55 Å². The van der Waals surface area contributed by atoms with Crippen molar-refractivity contribution < 1.29 is 4.55 Å². The number of nitrogens with one attached hydrogen (secondary N) is 1. The van der Waals surface area contributed by atoms with Crippen molar-refractivity contribution in [1.82, 2.24) is 19.1 Å². The number of rotatable bonds is 7. The summed E-state index contributed by atoms with van der Waals surface area (Å²) in [5.41, 5.74) is 3.69. The summed E-state index contributed by atoms with van der Waals surface area (Å²) in [6.07, 6.45) is 8.93. The number of imidazole rings is 1. The van der Waals surface area contributed by atoms with E-state index in [0.29, 0.717) is 0 Å². The van der Waals surface area contributed by atoms with Crippen LogP contribution in [0.5, 0.6) is 0 Å². The van der Waals surface area contributed by atoms with Gasteiger partial charge in [0.25, 0.3) is 0 Å². The molecule has 210 valence electrons. The Morgan fingerprint density at radius 3 is 2.50 bits per heavy atom. The van der Waals surface area contributed by atoms with Crippen LogP contribution in [0.4, 0.5) is 5.95 Å². The minimum Gasteiger partial charge on any atom is -0.598 e. The normalized spacial score (nSPS) is 19.3. The van der Waals surface area contributed by atoms with Crippen LogP contribution < -0.4 is 9.62 Å². The fraction of sp³-hybridized carbons (Fsp3) is 0.419. The number of piperidine rings is 1. The molecule has 1 saturated heterocycles. The van der Waals surface area contributed by atoms with Gasteiger partial charge in [-0.05, 0) is 69.0 Å². The molecule has 2 aromatic heterocycles. The maximum atomic E-state index is 13.2. The third-order valence-electron chi connectivity index (χ3n) is 8.09. The lowest BCUT2D eigenvalue weighted by Gasteiger charge is -2.44. The number of anilines is 1. The van der Waals surface area contributed by atoms with Crippen LogP contribution in [0.1, 0.15) is 57.7 Å². The van der Waals surface area contributed by atoms with E-state index in [1.54, 1.807) is 11.8 Å². The average molecular weight is 592 g/mol. The van der Waals surface area contributed by atoms with Crippen LogP contribution in [-0.2, 0) is 17.8 Å². The van der Waals surface area contributed by atoms with E-state index in [0.717, 1.165) is 54.6 Å². The van der Waals surface area contributed by atoms with Gasteiger partial charge in [0, 0.05) is 58.2 Å². The molecule has 1 fully saturated rings. The fourth-order valence-corrected chi connectivity index (χ4v) is 8.84. The molecule has 3 heterocycles. The lowest BCUT2D eigenvalue weighted by molar-refractivity contribution is 0.175. The van der Waals surface area contributed by atoms with Crippen LogP contribution in [0, 0.1) is 5.41 Å². The molecule has 40 heavy (non-hydrogen) atoms. The molecule has 1 N–H and O–H groups in total. The van der Waals surface area contributed by atoms with E-state index >= 15 is 0 Å². The Balaban J connectivity index is 1.24. The van der Waals surface area contributed by atoms with Gasteiger partial charge in [-0.1, -0.05) is 55.1 Å². The highest BCUT2D eigenvalue weighted by atomic mass is 32.2. The predicted octanol–water partition coefficient (Wildman–Crippen LogP) is 6.93. The molecule has 2 aliphatic rings. The van der Waals surface area contributed by atoms with Crippen LogP contribution in [0.15, 0.2) is 81.8 Å². The number of nitrogens with zero attached hydrogens (tertiary/aromatic N) is 4. The zero-order valence-corrected chi connectivity index (χ0v) is 26.0. The maximum Gasteiger partial charge on any atom is 0.211 e. The van der Waals surface area contributed by atoms with Crippen LogP contribution in [0.25, 0.3) is 5.65 Å².